The van der Waals surface area contributed by atoms with E-state index in [0.29, 0.717) is 18.5 Å². The van der Waals surface area contributed by atoms with Gasteiger partial charge >= 0.3 is 0 Å². The maximum absolute atomic E-state index is 11.9. The van der Waals surface area contributed by atoms with E-state index in [1.54, 1.807) is 0 Å². The van der Waals surface area contributed by atoms with Gasteiger partial charge in [-0.15, -0.1) is 0 Å². The number of aliphatic hydroxyl groups is 1. The summed E-state index contributed by atoms with van der Waals surface area (Å²) < 4.78 is 11.9. The van der Waals surface area contributed by atoms with Gasteiger partial charge in [0.15, 0.2) is 0 Å². The van der Waals surface area contributed by atoms with E-state index in [4.69, 9.17) is 5.11 Å². The van der Waals surface area contributed by atoms with Crippen molar-refractivity contribution in [2.45, 2.75) is 19.1 Å². The molecule has 1 fully saturated rings. The first-order chi connectivity index (χ1) is 5.74. The Balaban J connectivity index is 2.13. The van der Waals surface area contributed by atoms with E-state index >= 15 is 0 Å². The highest BCUT2D eigenvalue weighted by Gasteiger charge is 2.23. The van der Waals surface area contributed by atoms with Crippen LogP contribution in [0.5, 0.6) is 0 Å². The Bertz CT molecular complexity index is 136. The van der Waals surface area contributed by atoms with Crippen LogP contribution in [0.4, 0.5) is 4.39 Å². The van der Waals surface area contributed by atoms with E-state index in [0.717, 1.165) is 5.75 Å². The number of hydrogen-bond donors (Lipinski definition) is 2. The molecule has 0 radical (unpaired) electrons. The highest BCUT2D eigenvalue weighted by molar-refractivity contribution is 7.99. The van der Waals surface area contributed by atoms with Gasteiger partial charge in [0.25, 0.3) is 0 Å². The molecule has 0 amide bonds. The summed E-state index contributed by atoms with van der Waals surface area (Å²) in [7, 11) is 0. The summed E-state index contributed by atoms with van der Waals surface area (Å²) in [6.45, 7) is 1.91. The Morgan fingerprint density at radius 1 is 1.67 bits per heavy atom. The summed E-state index contributed by atoms with van der Waals surface area (Å²) in [5, 5.41) is 12.1. The third kappa shape index (κ3) is 2.92. The summed E-state index contributed by atoms with van der Waals surface area (Å²) in [6.07, 6.45) is -0.831. The summed E-state index contributed by atoms with van der Waals surface area (Å²) in [5.74, 6) is 2.89. The zero-order valence-corrected chi connectivity index (χ0v) is 8.11. The number of alkyl halides is 1. The molecule has 0 aromatic rings. The van der Waals surface area contributed by atoms with Crippen LogP contribution in [-0.2, 0) is 0 Å². The molecule has 0 aromatic heterocycles. The fourth-order valence-corrected chi connectivity index (χ4v) is 2.70. The molecule has 3 unspecified atom stereocenters. The molecular formula is C8H16FNOS. The predicted molar refractivity (Wildman–Crippen MR) is 50.3 cm³/mol. The molecule has 0 saturated carbocycles. The topological polar surface area (TPSA) is 32.3 Å². The van der Waals surface area contributed by atoms with E-state index in [1.165, 1.54) is 5.75 Å². The van der Waals surface area contributed by atoms with Crippen LogP contribution in [0.15, 0.2) is 0 Å². The van der Waals surface area contributed by atoms with E-state index in [9.17, 15) is 4.39 Å². The largest absolute Gasteiger partial charge is 0.389 e. The first kappa shape index (κ1) is 10.3. The Hall–Kier alpha value is 0.200. The van der Waals surface area contributed by atoms with Crippen molar-refractivity contribution in [3.8, 4) is 0 Å². The third-order valence-electron chi connectivity index (χ3n) is 2.16. The third-order valence-corrected chi connectivity index (χ3v) is 3.52. The van der Waals surface area contributed by atoms with E-state index in [2.05, 4.69) is 12.2 Å². The number of nitrogens with one attached hydrogen (secondary N) is 1. The summed E-state index contributed by atoms with van der Waals surface area (Å²) >= 11 is 1.91. The first-order valence-electron chi connectivity index (χ1n) is 4.29. The van der Waals surface area contributed by atoms with Crippen molar-refractivity contribution in [2.75, 3.05) is 24.7 Å². The number of thioether (sulfide) groups is 1. The standard InChI is InChI=1S/C8H16FNOS/c1-6-4-12-5-8(6)10-3-7(11)2-9/h6-8,10-11H,2-5H2,1H3. The van der Waals surface area contributed by atoms with Crippen LogP contribution in [0, 0.1) is 5.92 Å². The zero-order valence-electron chi connectivity index (χ0n) is 7.29. The summed E-state index contributed by atoms with van der Waals surface area (Å²) in [4.78, 5) is 0. The van der Waals surface area contributed by atoms with E-state index in [-0.39, 0.29) is 0 Å². The quantitative estimate of drug-likeness (QED) is 0.688. The second-order valence-electron chi connectivity index (χ2n) is 3.34. The number of hydrogen-bond acceptors (Lipinski definition) is 3. The maximum atomic E-state index is 11.9. The van der Waals surface area contributed by atoms with Gasteiger partial charge in [-0.3, -0.25) is 0 Å². The minimum Gasteiger partial charge on any atom is -0.389 e. The van der Waals surface area contributed by atoms with Gasteiger partial charge in [-0.2, -0.15) is 11.8 Å². The smallest absolute Gasteiger partial charge is 0.117 e. The molecule has 0 bridgehead atoms. The highest BCUT2D eigenvalue weighted by Crippen LogP contribution is 2.23. The first-order valence-corrected chi connectivity index (χ1v) is 5.44. The Kier molecular flexibility index (Phi) is 4.32. The van der Waals surface area contributed by atoms with Crippen LogP contribution < -0.4 is 5.32 Å². The van der Waals surface area contributed by atoms with Gasteiger partial charge < -0.3 is 10.4 Å². The van der Waals surface area contributed by atoms with Gasteiger partial charge in [-0.05, 0) is 11.7 Å². The van der Waals surface area contributed by atoms with E-state index < -0.39 is 12.8 Å². The minimum absolute atomic E-state index is 0.381. The minimum atomic E-state index is -0.831. The van der Waals surface area contributed by atoms with Gasteiger partial charge in [0.1, 0.15) is 6.67 Å². The number of halogens is 1. The second kappa shape index (κ2) is 5.04. The average Bonchev–Trinajstić information content (AvgIpc) is 2.47. The molecule has 12 heavy (non-hydrogen) atoms. The van der Waals surface area contributed by atoms with Crippen molar-refractivity contribution in [1.82, 2.24) is 5.32 Å². The lowest BCUT2D eigenvalue weighted by Crippen LogP contribution is -2.39. The van der Waals surface area contributed by atoms with Gasteiger partial charge in [0.2, 0.25) is 0 Å². The van der Waals surface area contributed by atoms with Crippen molar-refractivity contribution >= 4 is 11.8 Å². The summed E-state index contributed by atoms with van der Waals surface area (Å²) in [5.41, 5.74) is 0. The summed E-state index contributed by atoms with van der Waals surface area (Å²) in [6, 6.07) is 0.455. The van der Waals surface area contributed by atoms with Crippen LogP contribution in [0.3, 0.4) is 0 Å². The van der Waals surface area contributed by atoms with Gasteiger partial charge in [0, 0.05) is 18.3 Å². The average molecular weight is 193 g/mol. The van der Waals surface area contributed by atoms with Crippen LogP contribution in [0.2, 0.25) is 0 Å². The Morgan fingerprint density at radius 3 is 2.92 bits per heavy atom. The Labute approximate surface area is 76.9 Å². The molecule has 1 rings (SSSR count). The highest BCUT2D eigenvalue weighted by atomic mass is 32.2. The lowest BCUT2D eigenvalue weighted by Gasteiger charge is -2.17. The molecule has 72 valence electrons. The monoisotopic (exact) mass is 193 g/mol. The zero-order chi connectivity index (χ0) is 8.97. The second-order valence-corrected chi connectivity index (χ2v) is 4.41. The molecule has 4 heteroatoms. The van der Waals surface area contributed by atoms with Crippen molar-refractivity contribution in [1.29, 1.82) is 0 Å². The Morgan fingerprint density at radius 2 is 2.42 bits per heavy atom. The molecule has 0 aromatic carbocycles. The van der Waals surface area contributed by atoms with Crippen molar-refractivity contribution in [2.24, 2.45) is 5.92 Å². The molecule has 3 atom stereocenters. The molecule has 1 saturated heterocycles. The van der Waals surface area contributed by atoms with Crippen molar-refractivity contribution < 1.29 is 9.50 Å². The van der Waals surface area contributed by atoms with Gasteiger partial charge in [-0.25, -0.2) is 4.39 Å². The number of aliphatic hydroxyl groups excluding tert-OH is 1. The lowest BCUT2D eigenvalue weighted by atomic mass is 10.1. The molecule has 1 aliphatic heterocycles. The predicted octanol–water partition coefficient (Wildman–Crippen LogP) is 0.658. The lowest BCUT2D eigenvalue weighted by molar-refractivity contribution is 0.133. The fourth-order valence-electron chi connectivity index (χ4n) is 1.26. The molecule has 1 aliphatic rings. The molecule has 2 nitrogen and oxygen atoms in total. The molecule has 0 spiro atoms. The van der Waals surface area contributed by atoms with Crippen molar-refractivity contribution in [3.63, 3.8) is 0 Å². The molecular weight excluding hydrogens is 177 g/mol. The van der Waals surface area contributed by atoms with Crippen LogP contribution in [-0.4, -0.2) is 42.0 Å². The van der Waals surface area contributed by atoms with Gasteiger partial charge in [0.05, 0.1) is 6.10 Å². The van der Waals surface area contributed by atoms with Crippen LogP contribution in [0.1, 0.15) is 6.92 Å². The molecule has 0 aliphatic carbocycles. The molecule has 2 N–H and O–H groups in total. The van der Waals surface area contributed by atoms with Crippen LogP contribution in [0.25, 0.3) is 0 Å². The van der Waals surface area contributed by atoms with E-state index in [1.807, 2.05) is 11.8 Å². The molecule has 1 heterocycles. The SMILES string of the molecule is CC1CSCC1NCC(O)CF. The van der Waals surface area contributed by atoms with Crippen LogP contribution >= 0.6 is 11.8 Å². The van der Waals surface area contributed by atoms with Gasteiger partial charge in [-0.1, -0.05) is 6.92 Å². The van der Waals surface area contributed by atoms with Crippen molar-refractivity contribution in [3.05, 3.63) is 0 Å². The number of rotatable bonds is 4. The normalized spacial score (nSPS) is 32.2. The maximum Gasteiger partial charge on any atom is 0.117 e. The fraction of sp³-hybridized carbons (Fsp3) is 1.00.